The van der Waals surface area contributed by atoms with Gasteiger partial charge in [0.1, 0.15) is 23.0 Å². The van der Waals surface area contributed by atoms with Gasteiger partial charge in [-0.25, -0.2) is 14.8 Å². The van der Waals surface area contributed by atoms with E-state index in [1.54, 1.807) is 27.0 Å². The van der Waals surface area contributed by atoms with Crippen molar-refractivity contribution in [2.75, 3.05) is 6.54 Å². The molecule has 110 valence electrons. The van der Waals surface area contributed by atoms with Gasteiger partial charge in [0.05, 0.1) is 12.1 Å². The molecule has 7 heteroatoms. The molecule has 0 saturated carbocycles. The summed E-state index contributed by atoms with van der Waals surface area (Å²) in [6.07, 6.45) is 2.58. The van der Waals surface area contributed by atoms with Crippen molar-refractivity contribution in [1.29, 1.82) is 0 Å². The number of carbonyl (C=O) groups excluding carboxylic acids is 1. The Morgan fingerprint density at radius 1 is 1.48 bits per heavy atom. The van der Waals surface area contributed by atoms with Gasteiger partial charge in [-0.1, -0.05) is 23.4 Å². The van der Waals surface area contributed by atoms with Crippen LogP contribution in [0.3, 0.4) is 0 Å². The van der Waals surface area contributed by atoms with Crippen molar-refractivity contribution >= 4 is 28.7 Å². The summed E-state index contributed by atoms with van der Waals surface area (Å²) in [6, 6.07) is 0. The lowest BCUT2D eigenvalue weighted by Gasteiger charge is -2.18. The first kappa shape index (κ1) is 15.1. The van der Waals surface area contributed by atoms with Gasteiger partial charge >= 0.3 is 6.09 Å². The number of nitrogens with one attached hydrogen (secondary N) is 2. The molecular weight excluding hydrogens is 292 g/mol. The van der Waals surface area contributed by atoms with Gasteiger partial charge in [-0.2, -0.15) is 0 Å². The van der Waals surface area contributed by atoms with Gasteiger partial charge in [0, 0.05) is 6.20 Å². The molecule has 0 aliphatic heterocycles. The van der Waals surface area contributed by atoms with Gasteiger partial charge in [-0.15, -0.1) is 0 Å². The maximum Gasteiger partial charge on any atom is 0.408 e. The molecule has 0 aromatic carbocycles. The van der Waals surface area contributed by atoms with Crippen LogP contribution in [-0.4, -0.2) is 33.2 Å². The zero-order chi connectivity index (χ0) is 15.5. The maximum absolute atomic E-state index is 11.4. The predicted octanol–water partition coefficient (Wildman–Crippen LogP) is 2.49. The number of fused-ring (bicyclic) bond motifs is 1. The number of H-pyrrole nitrogens is 1. The van der Waals surface area contributed by atoms with Crippen molar-refractivity contribution < 1.29 is 9.53 Å². The Kier molecular flexibility index (Phi) is 4.34. The fourth-order valence-corrected chi connectivity index (χ4v) is 1.76. The summed E-state index contributed by atoms with van der Waals surface area (Å²) < 4.78 is 5.10. The molecule has 2 rings (SSSR count). The van der Waals surface area contributed by atoms with Crippen molar-refractivity contribution in [3.63, 3.8) is 0 Å². The normalized spacial score (nSPS) is 10.9. The van der Waals surface area contributed by atoms with Crippen LogP contribution in [0.4, 0.5) is 4.79 Å². The number of aromatic nitrogens is 3. The molecule has 0 radical (unpaired) electrons. The van der Waals surface area contributed by atoms with Gasteiger partial charge in [0.15, 0.2) is 5.15 Å². The van der Waals surface area contributed by atoms with Crippen LogP contribution in [0.2, 0.25) is 5.15 Å². The van der Waals surface area contributed by atoms with Crippen LogP contribution in [0, 0.1) is 11.8 Å². The molecule has 0 aliphatic carbocycles. The van der Waals surface area contributed by atoms with Crippen LogP contribution in [0.15, 0.2) is 12.5 Å². The highest BCUT2D eigenvalue weighted by Gasteiger charge is 2.15. The van der Waals surface area contributed by atoms with Crippen LogP contribution in [0.5, 0.6) is 0 Å². The smallest absolute Gasteiger partial charge is 0.408 e. The van der Waals surface area contributed by atoms with Crippen molar-refractivity contribution in [1.82, 2.24) is 20.3 Å². The number of rotatable bonds is 1. The average Bonchev–Trinajstić information content (AvgIpc) is 2.77. The summed E-state index contributed by atoms with van der Waals surface area (Å²) in [4.78, 5) is 22.4. The van der Waals surface area contributed by atoms with Crippen molar-refractivity contribution in [3.05, 3.63) is 23.2 Å². The number of alkyl carbamates (subject to hydrolysis) is 1. The molecule has 2 aromatic rings. The number of amides is 1. The van der Waals surface area contributed by atoms with Crippen LogP contribution in [0.1, 0.15) is 26.3 Å². The molecule has 2 aromatic heterocycles. The van der Waals surface area contributed by atoms with E-state index in [4.69, 9.17) is 16.3 Å². The van der Waals surface area contributed by atoms with Crippen LogP contribution < -0.4 is 5.32 Å². The topological polar surface area (TPSA) is 79.9 Å². The van der Waals surface area contributed by atoms with E-state index >= 15 is 0 Å². The molecular formula is C14H15ClN4O2. The first-order valence-electron chi connectivity index (χ1n) is 6.30. The fourth-order valence-electron chi connectivity index (χ4n) is 1.57. The molecule has 0 saturated heterocycles. The highest BCUT2D eigenvalue weighted by atomic mass is 35.5. The van der Waals surface area contributed by atoms with Crippen molar-refractivity contribution in [2.24, 2.45) is 0 Å². The van der Waals surface area contributed by atoms with E-state index in [-0.39, 0.29) is 6.54 Å². The molecule has 0 unspecified atom stereocenters. The molecule has 0 aliphatic rings. The Morgan fingerprint density at radius 3 is 2.95 bits per heavy atom. The van der Waals surface area contributed by atoms with E-state index in [0.29, 0.717) is 21.7 Å². The first-order valence-corrected chi connectivity index (χ1v) is 6.68. The Labute approximate surface area is 127 Å². The third-order valence-electron chi connectivity index (χ3n) is 2.36. The lowest BCUT2D eigenvalue weighted by Crippen LogP contribution is -2.32. The largest absolute Gasteiger partial charge is 0.444 e. The number of hydrogen-bond donors (Lipinski definition) is 2. The number of ether oxygens (including phenoxy) is 1. The Balaban J connectivity index is 1.99. The predicted molar refractivity (Wildman–Crippen MR) is 80.0 cm³/mol. The van der Waals surface area contributed by atoms with E-state index in [0.717, 1.165) is 0 Å². The van der Waals surface area contributed by atoms with Crippen molar-refractivity contribution in [2.45, 2.75) is 26.4 Å². The first-order chi connectivity index (χ1) is 9.87. The summed E-state index contributed by atoms with van der Waals surface area (Å²) in [5.74, 6) is 5.74. The number of aromatic amines is 1. The second-order valence-corrected chi connectivity index (χ2v) is 5.61. The molecule has 0 atom stereocenters. The van der Waals surface area contributed by atoms with Gasteiger partial charge in [-0.05, 0) is 20.8 Å². The summed E-state index contributed by atoms with van der Waals surface area (Å²) in [6.45, 7) is 5.58. The zero-order valence-corrected chi connectivity index (χ0v) is 12.7. The van der Waals surface area contributed by atoms with E-state index < -0.39 is 11.7 Å². The van der Waals surface area contributed by atoms with Crippen molar-refractivity contribution in [3.8, 4) is 11.8 Å². The maximum atomic E-state index is 11.4. The molecule has 0 spiro atoms. The average molecular weight is 307 g/mol. The third-order valence-corrected chi connectivity index (χ3v) is 2.65. The van der Waals surface area contributed by atoms with Crippen LogP contribution >= 0.6 is 11.6 Å². The van der Waals surface area contributed by atoms with E-state index in [1.165, 1.54) is 6.33 Å². The lowest BCUT2D eigenvalue weighted by atomic mass is 10.2. The number of nitrogens with zero attached hydrogens (tertiary/aromatic N) is 2. The highest BCUT2D eigenvalue weighted by Crippen LogP contribution is 2.20. The standard InChI is InChI=1S/C14H15ClN4O2/c1-14(2,3)21-13(20)16-6-4-5-9-7-17-11-10(9)18-8-19-12(11)15/h7-8,17H,6H2,1-3H3,(H,16,20). The Hall–Kier alpha value is -2.26. The van der Waals surface area contributed by atoms with Gasteiger partial charge < -0.3 is 15.0 Å². The molecule has 21 heavy (non-hydrogen) atoms. The van der Waals surface area contributed by atoms with E-state index in [1.807, 2.05) is 0 Å². The summed E-state index contributed by atoms with van der Waals surface area (Å²) in [5.41, 5.74) is 1.46. The van der Waals surface area contributed by atoms with Gasteiger partial charge in [0.25, 0.3) is 0 Å². The number of halogens is 1. The van der Waals surface area contributed by atoms with Crippen LogP contribution in [0.25, 0.3) is 11.0 Å². The highest BCUT2D eigenvalue weighted by molar-refractivity contribution is 6.33. The molecule has 2 heterocycles. The number of carbonyl (C=O) groups is 1. The second kappa shape index (κ2) is 6.02. The Bertz CT molecular complexity index is 722. The molecule has 0 fully saturated rings. The molecule has 1 amide bonds. The van der Waals surface area contributed by atoms with E-state index in [9.17, 15) is 4.79 Å². The van der Waals surface area contributed by atoms with E-state index in [2.05, 4.69) is 32.1 Å². The minimum absolute atomic E-state index is 0.181. The molecule has 0 bridgehead atoms. The minimum Gasteiger partial charge on any atom is -0.444 e. The molecule has 2 N–H and O–H groups in total. The van der Waals surface area contributed by atoms with Crippen LogP contribution in [-0.2, 0) is 4.74 Å². The minimum atomic E-state index is -0.526. The van der Waals surface area contributed by atoms with Gasteiger partial charge in [-0.3, -0.25) is 0 Å². The Morgan fingerprint density at radius 2 is 2.24 bits per heavy atom. The quantitative estimate of drug-likeness (QED) is 0.626. The summed E-state index contributed by atoms with van der Waals surface area (Å²) >= 11 is 5.93. The lowest BCUT2D eigenvalue weighted by molar-refractivity contribution is 0.0535. The fraction of sp³-hybridized carbons (Fsp3) is 0.357. The number of hydrogen-bond acceptors (Lipinski definition) is 4. The zero-order valence-electron chi connectivity index (χ0n) is 12.0. The monoisotopic (exact) mass is 306 g/mol. The SMILES string of the molecule is CC(C)(C)OC(=O)NCC#Cc1c[nH]c2c(Cl)ncnc12. The summed E-state index contributed by atoms with van der Waals surface area (Å²) in [7, 11) is 0. The van der Waals surface area contributed by atoms with Gasteiger partial charge in [0.2, 0.25) is 0 Å². The third kappa shape index (κ3) is 4.10. The second-order valence-electron chi connectivity index (χ2n) is 5.25. The summed E-state index contributed by atoms with van der Waals surface area (Å²) in [5, 5.41) is 2.90. The molecule has 6 nitrogen and oxygen atoms in total.